The number of aliphatic hydroxyl groups is 1. The molecular weight excluding hydrogens is 190 g/mol. The SMILES string of the molecule is CCCC(O)(CN)c1c(C)ccnc1N. The van der Waals surface area contributed by atoms with Crippen molar-refractivity contribution in [3.8, 4) is 0 Å². The molecule has 0 fully saturated rings. The minimum absolute atomic E-state index is 0.164. The number of hydrogen-bond donors (Lipinski definition) is 3. The van der Waals surface area contributed by atoms with Gasteiger partial charge in [-0.2, -0.15) is 0 Å². The van der Waals surface area contributed by atoms with Gasteiger partial charge in [0.15, 0.2) is 0 Å². The Bertz CT molecular complexity index is 320. The van der Waals surface area contributed by atoms with Gasteiger partial charge in [0, 0.05) is 18.3 Å². The Labute approximate surface area is 90.3 Å². The molecule has 1 atom stereocenters. The first-order valence-electron chi connectivity index (χ1n) is 5.19. The first-order valence-corrected chi connectivity index (χ1v) is 5.19. The highest BCUT2D eigenvalue weighted by Crippen LogP contribution is 2.31. The molecule has 4 heteroatoms. The zero-order chi connectivity index (χ0) is 11.5. The average Bonchev–Trinajstić information content (AvgIpc) is 2.18. The Hall–Kier alpha value is -1.13. The number of aromatic nitrogens is 1. The molecule has 5 N–H and O–H groups in total. The molecule has 0 bridgehead atoms. The first-order chi connectivity index (χ1) is 7.05. The van der Waals surface area contributed by atoms with Crippen LogP contribution in [0.25, 0.3) is 0 Å². The molecule has 15 heavy (non-hydrogen) atoms. The topological polar surface area (TPSA) is 85.2 Å². The standard InChI is InChI=1S/C11H19N3O/c1-3-5-11(15,7-12)9-8(2)4-6-14-10(9)13/h4,6,15H,3,5,7,12H2,1-2H3,(H2,13,14). The molecule has 0 aliphatic heterocycles. The quantitative estimate of drug-likeness (QED) is 0.688. The van der Waals surface area contributed by atoms with Gasteiger partial charge in [-0.3, -0.25) is 0 Å². The molecule has 1 rings (SSSR count). The number of nitrogens with two attached hydrogens (primary N) is 2. The monoisotopic (exact) mass is 209 g/mol. The van der Waals surface area contributed by atoms with Gasteiger partial charge in [-0.15, -0.1) is 0 Å². The van der Waals surface area contributed by atoms with E-state index in [9.17, 15) is 5.11 Å². The van der Waals surface area contributed by atoms with Crippen LogP contribution in [0.3, 0.4) is 0 Å². The maximum atomic E-state index is 10.4. The summed E-state index contributed by atoms with van der Waals surface area (Å²) in [6, 6.07) is 1.84. The van der Waals surface area contributed by atoms with E-state index in [1.54, 1.807) is 6.20 Å². The van der Waals surface area contributed by atoms with Gasteiger partial charge in [0.1, 0.15) is 11.4 Å². The Morgan fingerprint density at radius 1 is 1.53 bits per heavy atom. The maximum absolute atomic E-state index is 10.4. The van der Waals surface area contributed by atoms with Crippen molar-refractivity contribution in [2.45, 2.75) is 32.3 Å². The Balaban J connectivity index is 3.22. The number of nitrogen functional groups attached to an aromatic ring is 1. The van der Waals surface area contributed by atoms with E-state index in [0.717, 1.165) is 12.0 Å². The molecule has 0 saturated heterocycles. The van der Waals surface area contributed by atoms with Gasteiger partial charge >= 0.3 is 0 Å². The van der Waals surface area contributed by atoms with Crippen LogP contribution in [-0.4, -0.2) is 16.6 Å². The summed E-state index contributed by atoms with van der Waals surface area (Å²) in [6.07, 6.45) is 3.08. The maximum Gasteiger partial charge on any atom is 0.129 e. The molecular formula is C11H19N3O. The van der Waals surface area contributed by atoms with Crippen LogP contribution >= 0.6 is 0 Å². The first kappa shape index (κ1) is 11.9. The lowest BCUT2D eigenvalue weighted by Crippen LogP contribution is -2.36. The van der Waals surface area contributed by atoms with Crippen molar-refractivity contribution in [2.75, 3.05) is 12.3 Å². The highest BCUT2D eigenvalue weighted by Gasteiger charge is 2.30. The fourth-order valence-electron chi connectivity index (χ4n) is 1.93. The molecule has 0 saturated carbocycles. The molecule has 1 heterocycles. The molecule has 0 radical (unpaired) electrons. The Morgan fingerprint density at radius 3 is 2.67 bits per heavy atom. The third-order valence-electron chi connectivity index (χ3n) is 2.66. The van der Waals surface area contributed by atoms with Crippen LogP contribution in [-0.2, 0) is 5.60 Å². The van der Waals surface area contributed by atoms with Crippen LogP contribution in [0.15, 0.2) is 12.3 Å². The Kier molecular flexibility index (Phi) is 3.66. The van der Waals surface area contributed by atoms with E-state index in [4.69, 9.17) is 11.5 Å². The van der Waals surface area contributed by atoms with Gasteiger partial charge in [-0.25, -0.2) is 4.98 Å². The minimum Gasteiger partial charge on any atom is -0.384 e. The molecule has 1 aromatic rings. The average molecular weight is 209 g/mol. The van der Waals surface area contributed by atoms with Crippen LogP contribution in [0.2, 0.25) is 0 Å². The molecule has 0 amide bonds. The zero-order valence-corrected chi connectivity index (χ0v) is 9.33. The van der Waals surface area contributed by atoms with Crippen molar-refractivity contribution >= 4 is 5.82 Å². The van der Waals surface area contributed by atoms with Crippen molar-refractivity contribution in [3.05, 3.63) is 23.4 Å². The van der Waals surface area contributed by atoms with E-state index in [1.165, 1.54) is 0 Å². The van der Waals surface area contributed by atoms with E-state index in [1.807, 2.05) is 19.9 Å². The third-order valence-corrected chi connectivity index (χ3v) is 2.66. The number of pyridine rings is 1. The number of nitrogens with zero attached hydrogens (tertiary/aromatic N) is 1. The molecule has 1 aromatic heterocycles. The summed E-state index contributed by atoms with van der Waals surface area (Å²) in [7, 11) is 0. The van der Waals surface area contributed by atoms with Crippen molar-refractivity contribution < 1.29 is 5.11 Å². The number of anilines is 1. The van der Waals surface area contributed by atoms with Crippen LogP contribution in [0, 0.1) is 6.92 Å². The summed E-state index contributed by atoms with van der Waals surface area (Å²) in [5.74, 6) is 0.372. The second kappa shape index (κ2) is 4.59. The van der Waals surface area contributed by atoms with E-state index in [-0.39, 0.29) is 6.54 Å². The highest BCUT2D eigenvalue weighted by molar-refractivity contribution is 5.48. The van der Waals surface area contributed by atoms with Crippen molar-refractivity contribution in [1.82, 2.24) is 4.98 Å². The molecule has 84 valence electrons. The Morgan fingerprint density at radius 2 is 2.20 bits per heavy atom. The van der Waals surface area contributed by atoms with Crippen LogP contribution in [0.1, 0.15) is 30.9 Å². The molecule has 0 spiro atoms. The van der Waals surface area contributed by atoms with Gasteiger partial charge in [-0.05, 0) is 25.0 Å². The van der Waals surface area contributed by atoms with Crippen LogP contribution < -0.4 is 11.5 Å². The van der Waals surface area contributed by atoms with E-state index in [2.05, 4.69) is 4.98 Å². The van der Waals surface area contributed by atoms with E-state index >= 15 is 0 Å². The molecule has 0 aromatic carbocycles. The number of rotatable bonds is 4. The van der Waals surface area contributed by atoms with Gasteiger partial charge < -0.3 is 16.6 Å². The predicted octanol–water partition coefficient (Wildman–Crippen LogP) is 0.919. The summed E-state index contributed by atoms with van der Waals surface area (Å²) >= 11 is 0. The summed E-state index contributed by atoms with van der Waals surface area (Å²) in [6.45, 7) is 4.07. The smallest absolute Gasteiger partial charge is 0.129 e. The molecule has 0 aliphatic rings. The van der Waals surface area contributed by atoms with Crippen molar-refractivity contribution in [2.24, 2.45) is 5.73 Å². The third kappa shape index (κ3) is 2.27. The van der Waals surface area contributed by atoms with Gasteiger partial charge in [0.25, 0.3) is 0 Å². The number of hydrogen-bond acceptors (Lipinski definition) is 4. The summed E-state index contributed by atoms with van der Waals surface area (Å²) in [4.78, 5) is 4.00. The summed E-state index contributed by atoms with van der Waals surface area (Å²) in [5.41, 5.74) is 12.0. The highest BCUT2D eigenvalue weighted by atomic mass is 16.3. The summed E-state index contributed by atoms with van der Waals surface area (Å²) in [5, 5.41) is 10.4. The summed E-state index contributed by atoms with van der Waals surface area (Å²) < 4.78 is 0. The van der Waals surface area contributed by atoms with E-state index in [0.29, 0.717) is 17.8 Å². The zero-order valence-electron chi connectivity index (χ0n) is 9.33. The fourth-order valence-corrected chi connectivity index (χ4v) is 1.93. The van der Waals surface area contributed by atoms with Crippen molar-refractivity contribution in [3.63, 3.8) is 0 Å². The number of aryl methyl sites for hydroxylation is 1. The van der Waals surface area contributed by atoms with Crippen LogP contribution in [0.4, 0.5) is 5.82 Å². The van der Waals surface area contributed by atoms with Gasteiger partial charge in [0.05, 0.1) is 0 Å². The predicted molar refractivity (Wildman–Crippen MR) is 61.2 cm³/mol. The molecule has 0 aliphatic carbocycles. The lowest BCUT2D eigenvalue weighted by molar-refractivity contribution is 0.0358. The largest absolute Gasteiger partial charge is 0.384 e. The second-order valence-electron chi connectivity index (χ2n) is 3.87. The lowest BCUT2D eigenvalue weighted by atomic mass is 9.87. The van der Waals surface area contributed by atoms with Crippen molar-refractivity contribution in [1.29, 1.82) is 0 Å². The lowest BCUT2D eigenvalue weighted by Gasteiger charge is -2.29. The van der Waals surface area contributed by atoms with Gasteiger partial charge in [0.2, 0.25) is 0 Å². The minimum atomic E-state index is -1.04. The normalized spacial score (nSPS) is 14.9. The van der Waals surface area contributed by atoms with Gasteiger partial charge in [-0.1, -0.05) is 13.3 Å². The second-order valence-corrected chi connectivity index (χ2v) is 3.87. The van der Waals surface area contributed by atoms with Crippen LogP contribution in [0.5, 0.6) is 0 Å². The molecule has 4 nitrogen and oxygen atoms in total. The molecule has 1 unspecified atom stereocenters. The van der Waals surface area contributed by atoms with E-state index < -0.39 is 5.60 Å². The fraction of sp³-hybridized carbons (Fsp3) is 0.545.